The van der Waals surface area contributed by atoms with Crippen molar-refractivity contribution in [3.8, 4) is 11.8 Å². The number of piperidine rings is 1. The van der Waals surface area contributed by atoms with Gasteiger partial charge in [-0.05, 0) is 62.7 Å². The number of phenolic OH excluding ortho intramolecular Hbond substituents is 1. The van der Waals surface area contributed by atoms with Crippen molar-refractivity contribution in [3.63, 3.8) is 0 Å². The average molecular weight is 571 g/mol. The Balaban J connectivity index is 1.28. The first-order valence-electron chi connectivity index (χ1n) is 15.3. The first kappa shape index (κ1) is 28.3. The molecule has 0 bridgehead atoms. The number of ether oxygens (including phenoxy) is 1. The van der Waals surface area contributed by atoms with Crippen LogP contribution in [0.25, 0.3) is 10.8 Å². The van der Waals surface area contributed by atoms with E-state index < -0.39 is 0 Å². The molecule has 1 amide bonds. The number of fused-ring (bicyclic) bond motifs is 2. The van der Waals surface area contributed by atoms with Gasteiger partial charge in [-0.25, -0.2) is 0 Å². The standard InChI is InChI=1S/C33H42N6O3/c1-4-31(41)37-15-17-38(18-16-37)32-28-11-14-39(30-20-26(40)19-25-7-5-6-8-27(25)30)22-29(28)34-33(35-32)42-24(3)21-36-12-9-23(2)10-13-36/h4-8,19-20,23-24,40H,1,9-18,21-22H2,2-3H3/t24-/m1/s1. The molecule has 1 N–H and O–H groups in total. The van der Waals surface area contributed by atoms with Crippen LogP contribution in [0.15, 0.2) is 49.1 Å². The summed E-state index contributed by atoms with van der Waals surface area (Å²) >= 11 is 0. The molecule has 6 rings (SSSR count). The van der Waals surface area contributed by atoms with Crippen molar-refractivity contribution in [1.29, 1.82) is 0 Å². The summed E-state index contributed by atoms with van der Waals surface area (Å²) in [6.07, 6.45) is 4.58. The lowest BCUT2D eigenvalue weighted by atomic mass is 9.99. The van der Waals surface area contributed by atoms with Crippen LogP contribution in [0.5, 0.6) is 11.8 Å². The van der Waals surface area contributed by atoms with Crippen LogP contribution >= 0.6 is 0 Å². The quantitative estimate of drug-likeness (QED) is 0.423. The zero-order valence-corrected chi connectivity index (χ0v) is 24.8. The average Bonchev–Trinajstić information content (AvgIpc) is 3.00. The molecule has 2 fully saturated rings. The number of carbonyl (C=O) groups excluding carboxylic acids is 1. The summed E-state index contributed by atoms with van der Waals surface area (Å²) in [5.41, 5.74) is 3.10. The van der Waals surface area contributed by atoms with E-state index in [4.69, 9.17) is 14.7 Å². The molecular weight excluding hydrogens is 528 g/mol. The number of benzene rings is 2. The Morgan fingerprint density at radius 1 is 1.07 bits per heavy atom. The Hall–Kier alpha value is -3.85. The number of hydrogen-bond donors (Lipinski definition) is 1. The zero-order valence-electron chi connectivity index (χ0n) is 24.8. The molecule has 0 saturated carbocycles. The Morgan fingerprint density at radius 2 is 1.83 bits per heavy atom. The van der Waals surface area contributed by atoms with Gasteiger partial charge < -0.3 is 24.5 Å². The van der Waals surface area contributed by atoms with Crippen LogP contribution in [0.3, 0.4) is 0 Å². The molecule has 0 radical (unpaired) electrons. The van der Waals surface area contributed by atoms with E-state index >= 15 is 0 Å². The number of likely N-dealkylation sites (tertiary alicyclic amines) is 1. The topological polar surface area (TPSA) is 85.3 Å². The molecule has 9 heteroatoms. The van der Waals surface area contributed by atoms with Crippen molar-refractivity contribution in [2.45, 2.75) is 45.8 Å². The molecule has 1 atom stereocenters. The minimum Gasteiger partial charge on any atom is -0.508 e. The van der Waals surface area contributed by atoms with Gasteiger partial charge in [0.25, 0.3) is 0 Å². The Kier molecular flexibility index (Phi) is 8.20. The monoisotopic (exact) mass is 570 g/mol. The summed E-state index contributed by atoms with van der Waals surface area (Å²) < 4.78 is 6.42. The summed E-state index contributed by atoms with van der Waals surface area (Å²) in [7, 11) is 0. The van der Waals surface area contributed by atoms with Gasteiger partial charge in [0.05, 0.1) is 12.2 Å². The number of carbonyl (C=O) groups is 1. The maximum atomic E-state index is 12.2. The molecule has 3 aliphatic rings. The van der Waals surface area contributed by atoms with E-state index in [9.17, 15) is 9.90 Å². The van der Waals surface area contributed by atoms with Crippen molar-refractivity contribution in [1.82, 2.24) is 19.8 Å². The number of phenols is 1. The van der Waals surface area contributed by atoms with Crippen molar-refractivity contribution in [2.24, 2.45) is 5.92 Å². The van der Waals surface area contributed by atoms with Crippen molar-refractivity contribution in [3.05, 3.63) is 60.3 Å². The van der Waals surface area contributed by atoms with E-state index in [2.05, 4.69) is 41.2 Å². The lowest BCUT2D eigenvalue weighted by Gasteiger charge is -2.38. The molecule has 2 aromatic carbocycles. The van der Waals surface area contributed by atoms with Crippen molar-refractivity contribution in [2.75, 3.05) is 62.2 Å². The van der Waals surface area contributed by atoms with Crippen molar-refractivity contribution >= 4 is 28.2 Å². The summed E-state index contributed by atoms with van der Waals surface area (Å²) in [6.45, 7) is 15.2. The van der Waals surface area contributed by atoms with E-state index in [0.717, 1.165) is 72.1 Å². The first-order valence-corrected chi connectivity index (χ1v) is 15.3. The SMILES string of the molecule is C=CC(=O)N1CCN(c2nc(O[C@H](C)CN3CCC(C)CC3)nc3c2CCN(c2cc(O)cc4ccccc24)C3)CC1. The fraction of sp³-hybridized carbons (Fsp3) is 0.485. The molecule has 3 aromatic rings. The number of anilines is 2. The van der Waals surface area contributed by atoms with Crippen LogP contribution in [0.1, 0.15) is 37.9 Å². The van der Waals surface area contributed by atoms with Crippen LogP contribution < -0.4 is 14.5 Å². The predicted molar refractivity (Wildman–Crippen MR) is 166 cm³/mol. The second-order valence-corrected chi connectivity index (χ2v) is 12.0. The van der Waals surface area contributed by atoms with Gasteiger partial charge >= 0.3 is 6.01 Å². The normalized spacial score (nSPS) is 19.0. The number of hydrogen-bond acceptors (Lipinski definition) is 8. The highest BCUT2D eigenvalue weighted by molar-refractivity contribution is 5.95. The maximum Gasteiger partial charge on any atom is 0.318 e. The molecule has 222 valence electrons. The Labute approximate surface area is 248 Å². The van der Waals surface area contributed by atoms with Gasteiger partial charge in [-0.1, -0.05) is 37.8 Å². The summed E-state index contributed by atoms with van der Waals surface area (Å²) in [6, 6.07) is 12.2. The number of aromatic hydroxyl groups is 1. The van der Waals surface area contributed by atoms with E-state index in [1.165, 1.54) is 18.9 Å². The summed E-state index contributed by atoms with van der Waals surface area (Å²) in [5.74, 6) is 1.94. The molecular formula is C33H42N6O3. The van der Waals surface area contributed by atoms with Crippen LogP contribution in [0.2, 0.25) is 0 Å². The fourth-order valence-electron chi connectivity index (χ4n) is 6.54. The number of rotatable bonds is 7. The number of piperazine rings is 1. The molecule has 0 spiro atoms. The van der Waals surface area contributed by atoms with Crippen LogP contribution in [0, 0.1) is 5.92 Å². The minimum atomic E-state index is -0.0407. The third kappa shape index (κ3) is 6.02. The van der Waals surface area contributed by atoms with Gasteiger partial charge in [0, 0.05) is 62.0 Å². The number of nitrogens with zero attached hydrogens (tertiary/aromatic N) is 6. The fourth-order valence-corrected chi connectivity index (χ4v) is 6.54. The minimum absolute atomic E-state index is 0.0293. The zero-order chi connectivity index (χ0) is 29.2. The molecule has 3 aliphatic heterocycles. The Bertz CT molecular complexity index is 1450. The van der Waals surface area contributed by atoms with E-state index in [1.54, 1.807) is 0 Å². The highest BCUT2D eigenvalue weighted by atomic mass is 16.5. The summed E-state index contributed by atoms with van der Waals surface area (Å²) in [4.78, 5) is 31.1. The molecule has 2 saturated heterocycles. The van der Waals surface area contributed by atoms with Gasteiger partial charge in [0.15, 0.2) is 0 Å². The van der Waals surface area contributed by atoms with Gasteiger partial charge in [0.2, 0.25) is 5.91 Å². The molecule has 1 aromatic heterocycles. The molecule has 0 unspecified atom stereocenters. The van der Waals surface area contributed by atoms with Crippen LogP contribution in [0.4, 0.5) is 11.5 Å². The number of aromatic nitrogens is 2. The molecule has 0 aliphatic carbocycles. The van der Waals surface area contributed by atoms with Gasteiger partial charge in [-0.15, -0.1) is 0 Å². The molecule has 42 heavy (non-hydrogen) atoms. The smallest absolute Gasteiger partial charge is 0.318 e. The van der Waals surface area contributed by atoms with Crippen LogP contribution in [-0.4, -0.2) is 89.2 Å². The van der Waals surface area contributed by atoms with Gasteiger partial charge in [-0.2, -0.15) is 9.97 Å². The lowest BCUT2D eigenvalue weighted by molar-refractivity contribution is -0.126. The van der Waals surface area contributed by atoms with Crippen molar-refractivity contribution < 1.29 is 14.6 Å². The number of amides is 1. The summed E-state index contributed by atoms with van der Waals surface area (Å²) in [5, 5.41) is 12.6. The van der Waals surface area contributed by atoms with E-state index in [0.29, 0.717) is 38.7 Å². The first-order chi connectivity index (χ1) is 20.4. The van der Waals surface area contributed by atoms with Gasteiger partial charge in [0.1, 0.15) is 17.7 Å². The second kappa shape index (κ2) is 12.2. The van der Waals surface area contributed by atoms with E-state index in [1.807, 2.05) is 35.2 Å². The lowest BCUT2D eigenvalue weighted by Crippen LogP contribution is -2.49. The molecule has 4 heterocycles. The third-order valence-corrected chi connectivity index (χ3v) is 8.95. The predicted octanol–water partition coefficient (Wildman–Crippen LogP) is 4.23. The second-order valence-electron chi connectivity index (χ2n) is 12.0. The Morgan fingerprint density at radius 3 is 2.60 bits per heavy atom. The maximum absolute atomic E-state index is 12.2. The van der Waals surface area contributed by atoms with Gasteiger partial charge in [-0.3, -0.25) is 9.69 Å². The largest absolute Gasteiger partial charge is 0.508 e. The highest BCUT2D eigenvalue weighted by Gasteiger charge is 2.29. The molecule has 9 nitrogen and oxygen atoms in total. The van der Waals surface area contributed by atoms with Crippen LogP contribution in [-0.2, 0) is 17.8 Å². The van der Waals surface area contributed by atoms with E-state index in [-0.39, 0.29) is 17.8 Å². The highest BCUT2D eigenvalue weighted by Crippen LogP contribution is 2.36. The third-order valence-electron chi connectivity index (χ3n) is 8.95.